The molecule has 0 saturated heterocycles. The van der Waals surface area contributed by atoms with Crippen LogP contribution in [0.15, 0.2) is 27.2 Å². The first-order chi connectivity index (χ1) is 9.13. The molecule has 0 radical (unpaired) electrons. The van der Waals surface area contributed by atoms with Gasteiger partial charge in [0.1, 0.15) is 5.75 Å². The molecule has 1 aromatic heterocycles. The maximum atomic E-state index is 5.27. The van der Waals surface area contributed by atoms with E-state index in [9.17, 15) is 0 Å². The summed E-state index contributed by atoms with van der Waals surface area (Å²) in [5.74, 6) is 1.98. The van der Waals surface area contributed by atoms with E-state index < -0.39 is 0 Å². The summed E-state index contributed by atoms with van der Waals surface area (Å²) in [6.45, 7) is 2.07. The normalized spacial score (nSPS) is 11.8. The highest BCUT2D eigenvalue weighted by Crippen LogP contribution is 2.29. The lowest BCUT2D eigenvalue weighted by atomic mass is 10.2. The predicted octanol–water partition coefficient (Wildman–Crippen LogP) is 3.08. The van der Waals surface area contributed by atoms with Crippen molar-refractivity contribution >= 4 is 28.3 Å². The molecular weight excluding hydrogens is 346 g/mol. The fourth-order valence-electron chi connectivity index (χ4n) is 1.63. The van der Waals surface area contributed by atoms with E-state index in [0.717, 1.165) is 22.2 Å². The molecule has 2 aromatic rings. The van der Waals surface area contributed by atoms with Gasteiger partial charge in [0.2, 0.25) is 0 Å². The van der Waals surface area contributed by atoms with E-state index in [1.807, 2.05) is 25.2 Å². The zero-order valence-electron chi connectivity index (χ0n) is 11.5. The van der Waals surface area contributed by atoms with E-state index in [1.54, 1.807) is 7.11 Å². The van der Waals surface area contributed by atoms with E-state index in [4.69, 9.17) is 9.26 Å². The summed E-state index contributed by atoms with van der Waals surface area (Å²) in [7, 11) is 3.54. The Bertz CT molecular complexity index is 562. The van der Waals surface area contributed by atoms with Crippen molar-refractivity contribution in [3.8, 4) is 17.2 Å². The van der Waals surface area contributed by atoms with Crippen molar-refractivity contribution in [2.75, 3.05) is 14.2 Å². The second-order valence-corrected chi connectivity index (χ2v) is 5.11. The molecule has 1 heterocycles. The number of ether oxygens (including phenoxy) is 1. The fraction of sp³-hybridized carbons (Fsp3) is 0.385. The lowest BCUT2D eigenvalue weighted by Gasteiger charge is -2.05. The van der Waals surface area contributed by atoms with Gasteiger partial charge in [-0.2, -0.15) is 4.98 Å². The lowest BCUT2D eigenvalue weighted by Crippen LogP contribution is -2.24. The average molecular weight is 363 g/mol. The van der Waals surface area contributed by atoms with Crippen LogP contribution in [0.25, 0.3) is 11.5 Å². The van der Waals surface area contributed by atoms with Gasteiger partial charge >= 0.3 is 0 Å². The number of halogens is 2. The molecule has 1 N–H and O–H groups in total. The maximum Gasteiger partial charge on any atom is 0.257 e. The van der Waals surface area contributed by atoms with Crippen molar-refractivity contribution in [2.45, 2.75) is 19.4 Å². The maximum absolute atomic E-state index is 5.27. The predicted molar refractivity (Wildman–Crippen MR) is 83.5 cm³/mol. The Morgan fingerprint density at radius 1 is 1.45 bits per heavy atom. The van der Waals surface area contributed by atoms with Gasteiger partial charge in [0.15, 0.2) is 5.82 Å². The van der Waals surface area contributed by atoms with Crippen LogP contribution < -0.4 is 10.1 Å². The van der Waals surface area contributed by atoms with Gasteiger partial charge in [-0.1, -0.05) is 5.16 Å². The molecule has 0 bridgehead atoms. The number of benzene rings is 1. The first-order valence-corrected chi connectivity index (χ1v) is 6.77. The molecule has 5 nitrogen and oxygen atoms in total. The molecular formula is C13H17BrClN3O2. The highest BCUT2D eigenvalue weighted by molar-refractivity contribution is 9.10. The van der Waals surface area contributed by atoms with Gasteiger partial charge < -0.3 is 14.6 Å². The summed E-state index contributed by atoms with van der Waals surface area (Å²) in [5, 5.41) is 7.12. The molecule has 110 valence electrons. The number of hydrogen-bond donors (Lipinski definition) is 1. The standard InChI is InChI=1S/C13H16BrN3O2.ClH/c1-8(15-2)6-12-16-13(19-17-12)9-4-5-11(18-3)10(14)7-9;/h4-5,7-8,15H,6H2,1-3H3;1H. The van der Waals surface area contributed by atoms with Crippen molar-refractivity contribution in [3.05, 3.63) is 28.5 Å². The zero-order chi connectivity index (χ0) is 13.8. The third-order valence-corrected chi connectivity index (χ3v) is 3.47. The molecule has 2 rings (SSSR count). The van der Waals surface area contributed by atoms with Gasteiger partial charge in [0.25, 0.3) is 5.89 Å². The van der Waals surface area contributed by atoms with Gasteiger partial charge in [-0.05, 0) is 48.1 Å². The summed E-state index contributed by atoms with van der Waals surface area (Å²) in [5.41, 5.74) is 0.864. The Balaban J connectivity index is 0.00000200. The minimum absolute atomic E-state index is 0. The smallest absolute Gasteiger partial charge is 0.257 e. The molecule has 1 atom stereocenters. The zero-order valence-corrected chi connectivity index (χ0v) is 13.9. The summed E-state index contributed by atoms with van der Waals surface area (Å²) in [6.07, 6.45) is 0.733. The molecule has 20 heavy (non-hydrogen) atoms. The quantitative estimate of drug-likeness (QED) is 0.885. The summed E-state index contributed by atoms with van der Waals surface area (Å²) in [4.78, 5) is 4.39. The van der Waals surface area contributed by atoms with Crippen LogP contribution in [-0.2, 0) is 6.42 Å². The Hall–Kier alpha value is -1.11. The molecule has 0 fully saturated rings. The van der Waals surface area contributed by atoms with Crippen LogP contribution in [0.4, 0.5) is 0 Å². The van der Waals surface area contributed by atoms with Crippen LogP contribution in [0.3, 0.4) is 0 Å². The SMILES string of the molecule is CNC(C)Cc1noc(-c2ccc(OC)c(Br)c2)n1.Cl. The Morgan fingerprint density at radius 3 is 2.80 bits per heavy atom. The van der Waals surface area contributed by atoms with E-state index in [1.165, 1.54) is 0 Å². The molecule has 0 aliphatic carbocycles. The molecule has 0 aliphatic rings. The Morgan fingerprint density at radius 2 is 2.20 bits per heavy atom. The third-order valence-electron chi connectivity index (χ3n) is 2.85. The number of likely N-dealkylation sites (N-methyl/N-ethyl adjacent to an activating group) is 1. The number of hydrogen-bond acceptors (Lipinski definition) is 5. The number of rotatable bonds is 5. The monoisotopic (exact) mass is 361 g/mol. The van der Waals surface area contributed by atoms with Crippen LogP contribution in [0.2, 0.25) is 0 Å². The van der Waals surface area contributed by atoms with Gasteiger partial charge in [0, 0.05) is 18.0 Å². The summed E-state index contributed by atoms with van der Waals surface area (Å²) < 4.78 is 11.3. The highest BCUT2D eigenvalue weighted by atomic mass is 79.9. The van der Waals surface area contributed by atoms with E-state index >= 15 is 0 Å². The van der Waals surface area contributed by atoms with Crippen LogP contribution in [0, 0.1) is 0 Å². The van der Waals surface area contributed by atoms with E-state index in [2.05, 4.69) is 38.3 Å². The topological polar surface area (TPSA) is 60.2 Å². The van der Waals surface area contributed by atoms with Crippen LogP contribution in [0.1, 0.15) is 12.7 Å². The minimum Gasteiger partial charge on any atom is -0.496 e. The largest absolute Gasteiger partial charge is 0.496 e. The second-order valence-electron chi connectivity index (χ2n) is 4.26. The van der Waals surface area contributed by atoms with Crippen LogP contribution in [-0.4, -0.2) is 30.3 Å². The number of methoxy groups -OCH3 is 1. The summed E-state index contributed by atoms with van der Waals surface area (Å²) >= 11 is 3.44. The van der Waals surface area contributed by atoms with Gasteiger partial charge in [0.05, 0.1) is 11.6 Å². The average Bonchev–Trinajstić information content (AvgIpc) is 2.87. The molecule has 0 saturated carbocycles. The van der Waals surface area contributed by atoms with E-state index in [-0.39, 0.29) is 12.4 Å². The number of aromatic nitrogens is 2. The molecule has 0 amide bonds. The Kier molecular flexibility index (Phi) is 6.45. The fourth-order valence-corrected chi connectivity index (χ4v) is 2.17. The van der Waals surface area contributed by atoms with E-state index in [0.29, 0.717) is 17.8 Å². The molecule has 7 heteroatoms. The molecule has 0 spiro atoms. The van der Waals surface area contributed by atoms with Crippen molar-refractivity contribution in [1.82, 2.24) is 15.5 Å². The third kappa shape index (κ3) is 3.94. The van der Waals surface area contributed by atoms with Gasteiger partial charge in [-0.15, -0.1) is 12.4 Å². The van der Waals surface area contributed by atoms with Crippen molar-refractivity contribution < 1.29 is 9.26 Å². The van der Waals surface area contributed by atoms with Crippen molar-refractivity contribution in [2.24, 2.45) is 0 Å². The van der Waals surface area contributed by atoms with Crippen LogP contribution in [0.5, 0.6) is 5.75 Å². The minimum atomic E-state index is 0. The van der Waals surface area contributed by atoms with Crippen molar-refractivity contribution in [3.63, 3.8) is 0 Å². The van der Waals surface area contributed by atoms with Crippen LogP contribution >= 0.6 is 28.3 Å². The van der Waals surface area contributed by atoms with Crippen molar-refractivity contribution in [1.29, 1.82) is 0 Å². The number of nitrogens with zero attached hydrogens (tertiary/aromatic N) is 2. The van der Waals surface area contributed by atoms with Gasteiger partial charge in [-0.3, -0.25) is 0 Å². The highest BCUT2D eigenvalue weighted by Gasteiger charge is 2.12. The summed E-state index contributed by atoms with van der Waals surface area (Å²) in [6, 6.07) is 5.97. The molecule has 1 unspecified atom stereocenters. The number of nitrogens with one attached hydrogen (secondary N) is 1. The molecule has 0 aliphatic heterocycles. The van der Waals surface area contributed by atoms with Gasteiger partial charge in [-0.25, -0.2) is 0 Å². The Labute approximate surface area is 132 Å². The molecule has 1 aromatic carbocycles. The lowest BCUT2D eigenvalue weighted by molar-refractivity contribution is 0.411. The second kappa shape index (κ2) is 7.61. The first-order valence-electron chi connectivity index (χ1n) is 5.97. The first kappa shape index (κ1) is 16.9.